The topological polar surface area (TPSA) is 62.5 Å². The lowest BCUT2D eigenvalue weighted by atomic mass is 9.63. The van der Waals surface area contributed by atoms with E-state index < -0.39 is 23.2 Å². The first-order valence-electron chi connectivity index (χ1n) is 7.48. The number of rotatable bonds is 5. The Labute approximate surface area is 132 Å². The Morgan fingerprint density at radius 1 is 1.35 bits per heavy atom. The first-order valence-corrected chi connectivity index (χ1v) is 7.48. The van der Waals surface area contributed by atoms with Gasteiger partial charge in [-0.2, -0.15) is 0 Å². The van der Waals surface area contributed by atoms with Crippen molar-refractivity contribution < 1.29 is 23.1 Å². The van der Waals surface area contributed by atoms with Gasteiger partial charge in [0.1, 0.15) is 23.5 Å². The number of halogens is 2. The van der Waals surface area contributed by atoms with Crippen molar-refractivity contribution in [3.05, 3.63) is 59.6 Å². The predicted octanol–water partition coefficient (Wildman–Crippen LogP) is 2.83. The zero-order chi connectivity index (χ0) is 16.4. The molecule has 0 saturated heterocycles. The maximum Gasteiger partial charge on any atom is 0.230 e. The van der Waals surface area contributed by atoms with E-state index in [0.717, 1.165) is 18.6 Å². The Hall–Kier alpha value is -2.21. The minimum atomic E-state index is -0.985. The van der Waals surface area contributed by atoms with Crippen molar-refractivity contribution in [1.82, 2.24) is 5.32 Å². The van der Waals surface area contributed by atoms with Gasteiger partial charge >= 0.3 is 0 Å². The van der Waals surface area contributed by atoms with Gasteiger partial charge in [-0.15, -0.1) is 0 Å². The van der Waals surface area contributed by atoms with Gasteiger partial charge in [-0.3, -0.25) is 4.79 Å². The van der Waals surface area contributed by atoms with Gasteiger partial charge in [-0.05, 0) is 31.0 Å². The summed E-state index contributed by atoms with van der Waals surface area (Å²) < 4.78 is 32.2. The van der Waals surface area contributed by atoms with E-state index in [2.05, 4.69) is 5.32 Å². The van der Waals surface area contributed by atoms with Gasteiger partial charge in [0.05, 0.1) is 18.2 Å². The maximum atomic E-state index is 14.1. The number of carbonyl (C=O) groups is 1. The summed E-state index contributed by atoms with van der Waals surface area (Å²) in [7, 11) is 0. The molecule has 3 rings (SSSR count). The summed E-state index contributed by atoms with van der Waals surface area (Å²) in [6, 6.07) is 6.52. The minimum Gasteiger partial charge on any atom is -0.467 e. The van der Waals surface area contributed by atoms with Crippen LogP contribution < -0.4 is 5.32 Å². The normalized spacial score (nSPS) is 17.3. The summed E-state index contributed by atoms with van der Waals surface area (Å²) in [6.45, 7) is -0.0308. The van der Waals surface area contributed by atoms with Gasteiger partial charge in [-0.25, -0.2) is 8.78 Å². The molecule has 1 fully saturated rings. The molecule has 23 heavy (non-hydrogen) atoms. The number of amides is 1. The molecule has 1 atom stereocenters. The van der Waals surface area contributed by atoms with Crippen LogP contribution in [0.4, 0.5) is 8.78 Å². The standard InChI is InChI=1S/C17H17F2NO3/c18-11-4-5-12(13(19)9-11)17(6-2-7-17)16(22)20-10-14(21)15-3-1-8-23-15/h1,3-5,8-9,14,21H,2,6-7,10H2,(H,20,22). The van der Waals surface area contributed by atoms with E-state index >= 15 is 0 Å². The summed E-state index contributed by atoms with van der Waals surface area (Å²) in [5, 5.41) is 12.6. The van der Waals surface area contributed by atoms with Crippen LogP contribution in [0.15, 0.2) is 41.0 Å². The van der Waals surface area contributed by atoms with E-state index in [1.54, 1.807) is 12.1 Å². The minimum absolute atomic E-state index is 0.0308. The first-order chi connectivity index (χ1) is 11.0. The predicted molar refractivity (Wildman–Crippen MR) is 78.6 cm³/mol. The number of aliphatic hydroxyl groups excluding tert-OH is 1. The fourth-order valence-corrected chi connectivity index (χ4v) is 2.97. The van der Waals surface area contributed by atoms with Crippen LogP contribution in [0.25, 0.3) is 0 Å². The third-order valence-corrected chi connectivity index (χ3v) is 4.42. The lowest BCUT2D eigenvalue weighted by molar-refractivity contribution is -0.130. The van der Waals surface area contributed by atoms with E-state index in [-0.39, 0.29) is 18.0 Å². The third kappa shape index (κ3) is 2.86. The summed E-state index contributed by atoms with van der Waals surface area (Å²) >= 11 is 0. The van der Waals surface area contributed by atoms with Crippen LogP contribution in [0.2, 0.25) is 0 Å². The lowest BCUT2D eigenvalue weighted by Gasteiger charge is -2.41. The van der Waals surface area contributed by atoms with Crippen LogP contribution in [-0.2, 0) is 10.2 Å². The molecule has 122 valence electrons. The number of aliphatic hydroxyl groups is 1. The third-order valence-electron chi connectivity index (χ3n) is 4.42. The van der Waals surface area contributed by atoms with Crippen molar-refractivity contribution in [2.45, 2.75) is 30.8 Å². The fraction of sp³-hybridized carbons (Fsp3) is 0.353. The second kappa shape index (κ2) is 6.12. The Kier molecular flexibility index (Phi) is 4.17. The highest BCUT2D eigenvalue weighted by molar-refractivity contribution is 5.89. The molecular weight excluding hydrogens is 304 g/mol. The molecule has 1 heterocycles. The van der Waals surface area contributed by atoms with Gasteiger partial charge < -0.3 is 14.8 Å². The first kappa shape index (κ1) is 15.7. The zero-order valence-electron chi connectivity index (χ0n) is 12.4. The molecule has 2 N–H and O–H groups in total. The number of furan rings is 1. The molecule has 0 aliphatic heterocycles. The molecule has 2 aromatic rings. The average Bonchev–Trinajstić information content (AvgIpc) is 3.00. The fourth-order valence-electron chi connectivity index (χ4n) is 2.97. The quantitative estimate of drug-likeness (QED) is 0.890. The van der Waals surface area contributed by atoms with Gasteiger partial charge in [0.25, 0.3) is 0 Å². The molecule has 6 heteroatoms. The largest absolute Gasteiger partial charge is 0.467 e. The van der Waals surface area contributed by atoms with Gasteiger partial charge in [0, 0.05) is 11.6 Å². The summed E-state index contributed by atoms with van der Waals surface area (Å²) in [5.74, 6) is -1.40. The zero-order valence-corrected chi connectivity index (χ0v) is 12.4. The molecule has 1 aromatic heterocycles. The summed E-state index contributed by atoms with van der Waals surface area (Å²) in [5.41, 5.74) is -0.782. The number of hydrogen-bond donors (Lipinski definition) is 2. The van der Waals surface area contributed by atoms with Crippen molar-refractivity contribution in [2.75, 3.05) is 6.54 Å². The van der Waals surface area contributed by atoms with Crippen LogP contribution in [0.5, 0.6) is 0 Å². The molecule has 4 nitrogen and oxygen atoms in total. The Balaban J connectivity index is 1.73. The highest BCUT2D eigenvalue weighted by Gasteiger charge is 2.47. The van der Waals surface area contributed by atoms with Crippen molar-refractivity contribution in [3.8, 4) is 0 Å². The SMILES string of the molecule is O=C(NCC(O)c1ccco1)C1(c2ccc(F)cc2F)CCC1. The van der Waals surface area contributed by atoms with E-state index in [0.29, 0.717) is 18.6 Å². The van der Waals surface area contributed by atoms with Crippen molar-refractivity contribution in [2.24, 2.45) is 0 Å². The molecule has 1 aliphatic rings. The van der Waals surface area contributed by atoms with Crippen LogP contribution in [0, 0.1) is 11.6 Å². The number of hydrogen-bond acceptors (Lipinski definition) is 3. The Morgan fingerprint density at radius 2 is 2.13 bits per heavy atom. The smallest absolute Gasteiger partial charge is 0.230 e. The molecule has 0 bridgehead atoms. The second-order valence-corrected chi connectivity index (χ2v) is 5.80. The molecular formula is C17H17F2NO3. The summed E-state index contributed by atoms with van der Waals surface area (Å²) in [6.07, 6.45) is 2.26. The highest BCUT2D eigenvalue weighted by atomic mass is 19.1. The van der Waals surface area contributed by atoms with E-state index in [1.165, 1.54) is 12.3 Å². The van der Waals surface area contributed by atoms with Gasteiger partial charge in [0.2, 0.25) is 5.91 Å². The monoisotopic (exact) mass is 321 g/mol. The Bertz CT molecular complexity index is 696. The maximum absolute atomic E-state index is 14.1. The van der Waals surface area contributed by atoms with Crippen LogP contribution in [0.3, 0.4) is 0 Å². The molecule has 1 aliphatic carbocycles. The van der Waals surface area contributed by atoms with Crippen molar-refractivity contribution in [1.29, 1.82) is 0 Å². The van der Waals surface area contributed by atoms with Crippen LogP contribution in [-0.4, -0.2) is 17.6 Å². The van der Waals surface area contributed by atoms with Gasteiger partial charge in [0.15, 0.2) is 0 Å². The Morgan fingerprint density at radius 3 is 2.70 bits per heavy atom. The second-order valence-electron chi connectivity index (χ2n) is 5.80. The summed E-state index contributed by atoms with van der Waals surface area (Å²) in [4.78, 5) is 12.5. The highest BCUT2D eigenvalue weighted by Crippen LogP contribution is 2.45. The molecule has 1 amide bonds. The number of carbonyl (C=O) groups excluding carboxylic acids is 1. The molecule has 0 radical (unpaired) electrons. The van der Waals surface area contributed by atoms with E-state index in [1.807, 2.05) is 0 Å². The van der Waals surface area contributed by atoms with Crippen molar-refractivity contribution >= 4 is 5.91 Å². The van der Waals surface area contributed by atoms with Crippen molar-refractivity contribution in [3.63, 3.8) is 0 Å². The van der Waals surface area contributed by atoms with Crippen LogP contribution >= 0.6 is 0 Å². The van der Waals surface area contributed by atoms with Crippen LogP contribution in [0.1, 0.15) is 36.7 Å². The van der Waals surface area contributed by atoms with Gasteiger partial charge in [-0.1, -0.05) is 12.5 Å². The average molecular weight is 321 g/mol. The molecule has 1 aromatic carbocycles. The molecule has 1 saturated carbocycles. The number of benzene rings is 1. The molecule has 0 spiro atoms. The van der Waals surface area contributed by atoms with E-state index in [9.17, 15) is 18.7 Å². The lowest BCUT2D eigenvalue weighted by Crippen LogP contribution is -2.50. The molecule has 1 unspecified atom stereocenters. The number of nitrogens with one attached hydrogen (secondary N) is 1. The van der Waals surface area contributed by atoms with E-state index in [4.69, 9.17) is 4.42 Å².